The Balaban J connectivity index is 0.00000161. The van der Waals surface area contributed by atoms with Gasteiger partial charge in [0.2, 0.25) is 0 Å². The first-order valence-corrected chi connectivity index (χ1v) is 7.87. The zero-order valence-corrected chi connectivity index (χ0v) is 13.2. The lowest BCUT2D eigenvalue weighted by Crippen LogP contribution is -2.47. The SMILES string of the molecule is Cl.OC1(c2ccccc2)CCCC1NC1=NCCCCC1. The standard InChI is InChI=1S/C17H24N2O.ClH/c20-17(14-8-3-1-4-9-14)12-7-10-15(17)19-16-11-5-2-6-13-18-16;/h1,3-4,8-9,15,20H,2,5-7,10-13H2,(H,18,19);1H. The Morgan fingerprint density at radius 3 is 2.71 bits per heavy atom. The Morgan fingerprint density at radius 1 is 1.10 bits per heavy atom. The first kappa shape index (κ1) is 16.3. The molecule has 1 fully saturated rings. The van der Waals surface area contributed by atoms with Crippen LogP contribution in [0, 0.1) is 0 Å². The summed E-state index contributed by atoms with van der Waals surface area (Å²) in [6.07, 6.45) is 7.62. The van der Waals surface area contributed by atoms with Crippen molar-refractivity contribution in [3.05, 3.63) is 35.9 Å². The van der Waals surface area contributed by atoms with Crippen LogP contribution in [0.1, 0.15) is 50.5 Å². The molecule has 21 heavy (non-hydrogen) atoms. The number of benzene rings is 1. The molecule has 1 aromatic carbocycles. The van der Waals surface area contributed by atoms with E-state index >= 15 is 0 Å². The fourth-order valence-corrected chi connectivity index (χ4v) is 3.45. The molecule has 4 heteroatoms. The number of hydrogen-bond donors (Lipinski definition) is 2. The molecule has 3 rings (SSSR count). The van der Waals surface area contributed by atoms with Crippen molar-refractivity contribution in [3.8, 4) is 0 Å². The van der Waals surface area contributed by atoms with E-state index in [1.165, 1.54) is 19.3 Å². The molecule has 2 atom stereocenters. The van der Waals surface area contributed by atoms with Gasteiger partial charge in [-0.25, -0.2) is 0 Å². The summed E-state index contributed by atoms with van der Waals surface area (Å²) in [7, 11) is 0. The summed E-state index contributed by atoms with van der Waals surface area (Å²) in [5.41, 5.74) is 0.292. The number of aliphatic hydroxyl groups is 1. The molecule has 3 nitrogen and oxygen atoms in total. The molecule has 0 amide bonds. The summed E-state index contributed by atoms with van der Waals surface area (Å²) in [6, 6.07) is 10.2. The van der Waals surface area contributed by atoms with Crippen LogP contribution in [-0.4, -0.2) is 23.5 Å². The number of nitrogens with zero attached hydrogens (tertiary/aromatic N) is 1. The molecule has 1 saturated carbocycles. The van der Waals surface area contributed by atoms with Gasteiger partial charge < -0.3 is 10.4 Å². The quantitative estimate of drug-likeness (QED) is 0.879. The Morgan fingerprint density at radius 2 is 1.90 bits per heavy atom. The third kappa shape index (κ3) is 3.58. The molecule has 0 saturated heterocycles. The molecule has 0 aromatic heterocycles. The molecule has 1 aliphatic carbocycles. The third-order valence-corrected chi connectivity index (χ3v) is 4.62. The summed E-state index contributed by atoms with van der Waals surface area (Å²) in [6.45, 7) is 0.929. The first-order valence-electron chi connectivity index (χ1n) is 7.87. The van der Waals surface area contributed by atoms with E-state index in [9.17, 15) is 5.11 Å². The van der Waals surface area contributed by atoms with Gasteiger partial charge >= 0.3 is 0 Å². The lowest BCUT2D eigenvalue weighted by atomic mass is 9.88. The van der Waals surface area contributed by atoms with Crippen molar-refractivity contribution in [3.63, 3.8) is 0 Å². The van der Waals surface area contributed by atoms with E-state index in [1.54, 1.807) is 0 Å². The number of halogens is 1. The van der Waals surface area contributed by atoms with E-state index in [1.807, 2.05) is 30.3 Å². The zero-order valence-electron chi connectivity index (χ0n) is 12.4. The molecule has 0 radical (unpaired) electrons. The number of amidine groups is 1. The maximum absolute atomic E-state index is 11.1. The molecular formula is C17H25ClN2O. The number of aliphatic imine (C=N–C) groups is 1. The highest BCUT2D eigenvalue weighted by Gasteiger charge is 2.42. The lowest BCUT2D eigenvalue weighted by molar-refractivity contribution is 0.0219. The second kappa shape index (κ2) is 7.28. The maximum atomic E-state index is 11.1. The summed E-state index contributed by atoms with van der Waals surface area (Å²) >= 11 is 0. The summed E-state index contributed by atoms with van der Waals surface area (Å²) in [4.78, 5) is 4.64. The summed E-state index contributed by atoms with van der Waals surface area (Å²) < 4.78 is 0. The minimum atomic E-state index is -0.740. The van der Waals surface area contributed by atoms with Crippen LogP contribution in [0.15, 0.2) is 35.3 Å². The Bertz CT molecular complexity index is 477. The topological polar surface area (TPSA) is 44.6 Å². The second-order valence-corrected chi connectivity index (χ2v) is 6.02. The fourth-order valence-electron chi connectivity index (χ4n) is 3.45. The van der Waals surface area contributed by atoms with Gasteiger partial charge in [0.1, 0.15) is 5.60 Å². The van der Waals surface area contributed by atoms with Gasteiger partial charge in [0.25, 0.3) is 0 Å². The van der Waals surface area contributed by atoms with E-state index in [0.717, 1.165) is 43.6 Å². The van der Waals surface area contributed by atoms with Crippen molar-refractivity contribution >= 4 is 18.2 Å². The molecule has 0 spiro atoms. The predicted molar refractivity (Wildman–Crippen MR) is 89.1 cm³/mol. The minimum Gasteiger partial charge on any atom is -0.383 e. The van der Waals surface area contributed by atoms with E-state index in [4.69, 9.17) is 0 Å². The van der Waals surface area contributed by atoms with Gasteiger partial charge in [-0.1, -0.05) is 36.8 Å². The third-order valence-electron chi connectivity index (χ3n) is 4.62. The van der Waals surface area contributed by atoms with Gasteiger partial charge in [-0.05, 0) is 37.7 Å². The van der Waals surface area contributed by atoms with Crippen LogP contribution in [0.25, 0.3) is 0 Å². The fraction of sp³-hybridized carbons (Fsp3) is 0.588. The highest BCUT2D eigenvalue weighted by Crippen LogP contribution is 2.39. The Hall–Kier alpha value is -1.06. The van der Waals surface area contributed by atoms with Gasteiger partial charge in [0, 0.05) is 13.0 Å². The van der Waals surface area contributed by atoms with Crippen LogP contribution >= 0.6 is 12.4 Å². The van der Waals surface area contributed by atoms with E-state index < -0.39 is 5.60 Å². The monoisotopic (exact) mass is 308 g/mol. The normalized spacial score (nSPS) is 29.2. The average molecular weight is 309 g/mol. The van der Waals surface area contributed by atoms with Crippen molar-refractivity contribution in [1.82, 2.24) is 5.32 Å². The highest BCUT2D eigenvalue weighted by molar-refractivity contribution is 5.85. The molecular weight excluding hydrogens is 284 g/mol. The minimum absolute atomic E-state index is 0. The number of hydrogen-bond acceptors (Lipinski definition) is 3. The Labute approximate surface area is 133 Å². The van der Waals surface area contributed by atoms with Crippen LogP contribution in [0.5, 0.6) is 0 Å². The van der Waals surface area contributed by atoms with Gasteiger partial charge in [-0.3, -0.25) is 4.99 Å². The van der Waals surface area contributed by atoms with Gasteiger partial charge in [-0.15, -0.1) is 12.4 Å². The smallest absolute Gasteiger partial charge is 0.110 e. The van der Waals surface area contributed by atoms with Crippen LogP contribution in [0.2, 0.25) is 0 Å². The molecule has 116 valence electrons. The molecule has 1 aliphatic heterocycles. The van der Waals surface area contributed by atoms with Crippen LogP contribution in [0.3, 0.4) is 0 Å². The van der Waals surface area contributed by atoms with Gasteiger partial charge in [-0.2, -0.15) is 0 Å². The zero-order chi connectivity index (χ0) is 13.8. The molecule has 1 aromatic rings. The van der Waals surface area contributed by atoms with Crippen molar-refractivity contribution in [1.29, 1.82) is 0 Å². The van der Waals surface area contributed by atoms with E-state index in [-0.39, 0.29) is 18.4 Å². The average Bonchev–Trinajstić information content (AvgIpc) is 2.69. The predicted octanol–water partition coefficient (Wildman–Crippen LogP) is 3.41. The molecule has 2 aliphatic rings. The molecule has 2 unspecified atom stereocenters. The molecule has 2 N–H and O–H groups in total. The first-order chi connectivity index (χ1) is 9.79. The van der Waals surface area contributed by atoms with E-state index in [2.05, 4.69) is 10.3 Å². The van der Waals surface area contributed by atoms with Crippen LogP contribution in [-0.2, 0) is 5.60 Å². The lowest BCUT2D eigenvalue weighted by Gasteiger charge is -2.32. The molecule has 1 heterocycles. The van der Waals surface area contributed by atoms with Crippen molar-refractivity contribution in [2.75, 3.05) is 6.54 Å². The Kier molecular flexibility index (Phi) is 5.65. The summed E-state index contributed by atoms with van der Waals surface area (Å²) in [5.74, 6) is 1.10. The largest absolute Gasteiger partial charge is 0.383 e. The van der Waals surface area contributed by atoms with Gasteiger partial charge in [0.05, 0.1) is 11.9 Å². The molecule has 0 bridgehead atoms. The van der Waals surface area contributed by atoms with Crippen molar-refractivity contribution in [2.24, 2.45) is 4.99 Å². The van der Waals surface area contributed by atoms with Crippen LogP contribution < -0.4 is 5.32 Å². The van der Waals surface area contributed by atoms with Crippen molar-refractivity contribution in [2.45, 2.75) is 56.6 Å². The van der Waals surface area contributed by atoms with Crippen molar-refractivity contribution < 1.29 is 5.11 Å². The summed E-state index contributed by atoms with van der Waals surface area (Å²) in [5, 5.41) is 14.7. The highest BCUT2D eigenvalue weighted by atomic mass is 35.5. The second-order valence-electron chi connectivity index (χ2n) is 6.02. The van der Waals surface area contributed by atoms with E-state index in [0.29, 0.717) is 0 Å². The number of rotatable bonds is 2. The number of nitrogens with one attached hydrogen (secondary N) is 1. The van der Waals surface area contributed by atoms with Gasteiger partial charge in [0.15, 0.2) is 0 Å². The maximum Gasteiger partial charge on any atom is 0.110 e. The van der Waals surface area contributed by atoms with Crippen LogP contribution in [0.4, 0.5) is 0 Å².